The van der Waals surface area contributed by atoms with Gasteiger partial charge in [0.1, 0.15) is 12.1 Å². The van der Waals surface area contributed by atoms with E-state index in [-0.39, 0.29) is 35.7 Å². The van der Waals surface area contributed by atoms with E-state index in [1.807, 2.05) is 32.6 Å². The van der Waals surface area contributed by atoms with E-state index in [4.69, 9.17) is 0 Å². The summed E-state index contributed by atoms with van der Waals surface area (Å²) in [6, 6.07) is -0.663. The third-order valence-electron chi connectivity index (χ3n) is 3.75. The molecule has 1 heterocycles. The number of hydrogen-bond donors (Lipinski definition) is 1. The van der Waals surface area contributed by atoms with Gasteiger partial charge in [-0.3, -0.25) is 9.59 Å². The lowest BCUT2D eigenvalue weighted by molar-refractivity contribution is -0.152. The summed E-state index contributed by atoms with van der Waals surface area (Å²) in [5, 5.41) is 2.89. The highest BCUT2D eigenvalue weighted by atomic mass is 16.2. The Hall–Kier alpha value is -1.06. The topological polar surface area (TPSA) is 49.4 Å². The molecule has 19 heavy (non-hydrogen) atoms. The predicted octanol–water partition coefficient (Wildman–Crippen LogP) is 2.18. The van der Waals surface area contributed by atoms with Gasteiger partial charge in [0.05, 0.1) is 0 Å². The Labute approximate surface area is 116 Å². The van der Waals surface area contributed by atoms with Crippen molar-refractivity contribution in [1.29, 1.82) is 0 Å². The zero-order chi connectivity index (χ0) is 14.6. The summed E-state index contributed by atoms with van der Waals surface area (Å²) in [6.45, 7) is 10.8. The van der Waals surface area contributed by atoms with Crippen LogP contribution in [0.3, 0.4) is 0 Å². The van der Waals surface area contributed by atoms with Gasteiger partial charge >= 0.3 is 0 Å². The van der Waals surface area contributed by atoms with Gasteiger partial charge in [0.2, 0.25) is 11.8 Å². The number of unbranched alkanes of at least 4 members (excludes halogenated alkanes) is 2. The van der Waals surface area contributed by atoms with Gasteiger partial charge < -0.3 is 10.2 Å². The lowest BCUT2D eigenvalue weighted by atomic mass is 9.92. The summed E-state index contributed by atoms with van der Waals surface area (Å²) in [7, 11) is 0. The van der Waals surface area contributed by atoms with Crippen molar-refractivity contribution in [2.45, 2.75) is 66.0 Å². The third kappa shape index (κ3) is 3.71. The van der Waals surface area contributed by atoms with Crippen molar-refractivity contribution in [3.63, 3.8) is 0 Å². The van der Waals surface area contributed by atoms with Gasteiger partial charge in [0, 0.05) is 6.54 Å². The van der Waals surface area contributed by atoms with Gasteiger partial charge in [-0.25, -0.2) is 0 Å². The number of carbonyl (C=O) groups is 2. The van der Waals surface area contributed by atoms with Gasteiger partial charge in [0.25, 0.3) is 0 Å². The van der Waals surface area contributed by atoms with Crippen molar-refractivity contribution in [2.24, 2.45) is 11.8 Å². The van der Waals surface area contributed by atoms with Gasteiger partial charge in [-0.1, -0.05) is 47.5 Å². The van der Waals surface area contributed by atoms with Crippen LogP contribution in [0.15, 0.2) is 0 Å². The Morgan fingerprint density at radius 1 is 1.11 bits per heavy atom. The molecule has 0 aromatic heterocycles. The highest BCUT2D eigenvalue weighted by molar-refractivity contribution is 5.97. The molecule has 110 valence electrons. The van der Waals surface area contributed by atoms with Crippen LogP contribution in [0, 0.1) is 11.8 Å². The van der Waals surface area contributed by atoms with Crippen molar-refractivity contribution < 1.29 is 9.59 Å². The first kappa shape index (κ1) is 16.0. The maximum Gasteiger partial charge on any atom is 0.246 e. The molecular formula is C15H28N2O2. The number of hydrogen-bond acceptors (Lipinski definition) is 2. The van der Waals surface area contributed by atoms with Crippen LogP contribution >= 0.6 is 0 Å². The zero-order valence-corrected chi connectivity index (χ0v) is 12.9. The Kier molecular flexibility index (Phi) is 5.83. The molecule has 0 spiro atoms. The first-order valence-electron chi connectivity index (χ1n) is 7.51. The van der Waals surface area contributed by atoms with E-state index in [2.05, 4.69) is 12.2 Å². The molecule has 1 rings (SSSR count). The van der Waals surface area contributed by atoms with Crippen molar-refractivity contribution in [1.82, 2.24) is 10.2 Å². The highest BCUT2D eigenvalue weighted by Crippen LogP contribution is 2.21. The minimum atomic E-state index is -0.357. The van der Waals surface area contributed by atoms with Crippen molar-refractivity contribution >= 4 is 11.8 Å². The molecule has 2 amide bonds. The van der Waals surface area contributed by atoms with E-state index >= 15 is 0 Å². The summed E-state index contributed by atoms with van der Waals surface area (Å²) < 4.78 is 0. The fourth-order valence-electron chi connectivity index (χ4n) is 2.65. The predicted molar refractivity (Wildman–Crippen MR) is 76.6 cm³/mol. The molecule has 2 unspecified atom stereocenters. The molecule has 1 fully saturated rings. The summed E-state index contributed by atoms with van der Waals surface area (Å²) in [6.07, 6.45) is 3.19. The quantitative estimate of drug-likeness (QED) is 0.751. The number of nitrogens with one attached hydrogen (secondary N) is 1. The van der Waals surface area contributed by atoms with Crippen LogP contribution in [-0.4, -0.2) is 35.3 Å². The Bertz CT molecular complexity index is 326. The van der Waals surface area contributed by atoms with E-state index in [1.54, 1.807) is 0 Å². The van der Waals surface area contributed by atoms with Crippen molar-refractivity contribution in [2.75, 3.05) is 6.54 Å². The van der Waals surface area contributed by atoms with Crippen LogP contribution in [-0.2, 0) is 9.59 Å². The summed E-state index contributed by atoms with van der Waals surface area (Å²) in [5.74, 6) is 0.381. The third-order valence-corrected chi connectivity index (χ3v) is 3.75. The van der Waals surface area contributed by atoms with E-state index < -0.39 is 0 Å². The molecule has 1 N–H and O–H groups in total. The number of nitrogens with zero attached hydrogens (tertiary/aromatic N) is 1. The second-order valence-electron chi connectivity index (χ2n) is 6.16. The monoisotopic (exact) mass is 268 g/mol. The molecule has 0 aliphatic carbocycles. The maximum absolute atomic E-state index is 12.5. The summed E-state index contributed by atoms with van der Waals surface area (Å²) in [4.78, 5) is 26.6. The fourth-order valence-corrected chi connectivity index (χ4v) is 2.65. The number of amides is 2. The van der Waals surface area contributed by atoms with E-state index in [1.165, 1.54) is 0 Å². The molecule has 1 saturated heterocycles. The SMILES string of the molecule is CCCCCN1C(=O)C(C(C)C)NC(=O)C1C(C)C. The normalized spacial score (nSPS) is 24.3. The molecular weight excluding hydrogens is 240 g/mol. The lowest BCUT2D eigenvalue weighted by Gasteiger charge is -2.42. The highest BCUT2D eigenvalue weighted by Gasteiger charge is 2.42. The van der Waals surface area contributed by atoms with Crippen LogP contribution in [0.4, 0.5) is 0 Å². The maximum atomic E-state index is 12.5. The lowest BCUT2D eigenvalue weighted by Crippen LogP contribution is -2.66. The second kappa shape index (κ2) is 6.92. The van der Waals surface area contributed by atoms with Crippen molar-refractivity contribution in [3.8, 4) is 0 Å². The Balaban J connectivity index is 2.87. The molecule has 0 bridgehead atoms. The number of piperazine rings is 1. The van der Waals surface area contributed by atoms with Gasteiger partial charge in [-0.15, -0.1) is 0 Å². The van der Waals surface area contributed by atoms with Crippen LogP contribution in [0.2, 0.25) is 0 Å². The van der Waals surface area contributed by atoms with Gasteiger partial charge in [-0.05, 0) is 18.3 Å². The smallest absolute Gasteiger partial charge is 0.246 e. The summed E-state index contributed by atoms with van der Waals surface area (Å²) >= 11 is 0. The van der Waals surface area contributed by atoms with Crippen LogP contribution in [0.5, 0.6) is 0 Å². The zero-order valence-electron chi connectivity index (χ0n) is 12.9. The Morgan fingerprint density at radius 3 is 2.21 bits per heavy atom. The first-order chi connectivity index (χ1) is 8.90. The Morgan fingerprint density at radius 2 is 1.74 bits per heavy atom. The van der Waals surface area contributed by atoms with E-state index in [9.17, 15) is 9.59 Å². The molecule has 0 aromatic rings. The molecule has 4 heteroatoms. The molecule has 1 aliphatic heterocycles. The standard InChI is InChI=1S/C15H28N2O2/c1-6-7-8-9-17-13(11(4)5)14(18)16-12(10(2)3)15(17)19/h10-13H,6-9H2,1-5H3,(H,16,18). The van der Waals surface area contributed by atoms with E-state index in [0.717, 1.165) is 19.3 Å². The van der Waals surface area contributed by atoms with Crippen LogP contribution < -0.4 is 5.32 Å². The first-order valence-corrected chi connectivity index (χ1v) is 7.51. The molecule has 2 atom stereocenters. The van der Waals surface area contributed by atoms with Gasteiger partial charge in [0.15, 0.2) is 0 Å². The second-order valence-corrected chi connectivity index (χ2v) is 6.16. The largest absolute Gasteiger partial charge is 0.342 e. The minimum Gasteiger partial charge on any atom is -0.342 e. The minimum absolute atomic E-state index is 0.00444. The van der Waals surface area contributed by atoms with Crippen LogP contribution in [0.25, 0.3) is 0 Å². The number of carbonyl (C=O) groups excluding carboxylic acids is 2. The van der Waals surface area contributed by atoms with E-state index in [0.29, 0.717) is 6.54 Å². The molecule has 1 aliphatic rings. The number of rotatable bonds is 6. The fraction of sp³-hybridized carbons (Fsp3) is 0.867. The average Bonchev–Trinajstić information content (AvgIpc) is 2.32. The molecule has 0 aromatic carbocycles. The molecule has 4 nitrogen and oxygen atoms in total. The summed E-state index contributed by atoms with van der Waals surface area (Å²) in [5.41, 5.74) is 0. The molecule has 0 saturated carbocycles. The molecule has 0 radical (unpaired) electrons. The van der Waals surface area contributed by atoms with Gasteiger partial charge in [-0.2, -0.15) is 0 Å². The average molecular weight is 268 g/mol. The van der Waals surface area contributed by atoms with Crippen molar-refractivity contribution in [3.05, 3.63) is 0 Å². The van der Waals surface area contributed by atoms with Crippen LogP contribution in [0.1, 0.15) is 53.9 Å².